The molecule has 1 aromatic carbocycles. The zero-order valence-electron chi connectivity index (χ0n) is 18.8. The van der Waals surface area contributed by atoms with Gasteiger partial charge >= 0.3 is 5.97 Å². The number of hydrogen-bond donors (Lipinski definition) is 0. The van der Waals surface area contributed by atoms with E-state index in [0.717, 1.165) is 5.56 Å². The molecule has 0 amide bonds. The molecule has 0 radical (unpaired) electrons. The van der Waals surface area contributed by atoms with Gasteiger partial charge in [-0.05, 0) is 26.3 Å². The predicted octanol–water partition coefficient (Wildman–Crippen LogP) is 2.30. The van der Waals surface area contributed by atoms with E-state index in [1.165, 1.54) is 14.2 Å². The lowest BCUT2D eigenvalue weighted by Crippen LogP contribution is -2.66. The second-order valence-corrected chi connectivity index (χ2v) is 7.15. The molecular formula is C23H32O8. The second-order valence-electron chi connectivity index (χ2n) is 7.15. The van der Waals surface area contributed by atoms with Crippen LogP contribution in [0, 0.1) is 11.8 Å². The van der Waals surface area contributed by atoms with Gasteiger partial charge in [-0.1, -0.05) is 36.3 Å². The number of methoxy groups -OCH3 is 2. The van der Waals surface area contributed by atoms with Crippen molar-refractivity contribution in [2.45, 2.75) is 51.2 Å². The first-order valence-corrected chi connectivity index (χ1v) is 10.2. The molecular weight excluding hydrogens is 404 g/mol. The lowest BCUT2D eigenvalue weighted by molar-refractivity contribution is -0.452. The average molecular weight is 437 g/mol. The fraction of sp³-hybridized carbons (Fsp3) is 0.609. The highest BCUT2D eigenvalue weighted by atomic mass is 16.8. The molecule has 1 aliphatic heterocycles. The van der Waals surface area contributed by atoms with E-state index in [9.17, 15) is 4.79 Å². The fourth-order valence-corrected chi connectivity index (χ4v) is 3.06. The van der Waals surface area contributed by atoms with Crippen LogP contribution < -0.4 is 0 Å². The Hall–Kier alpha value is -1.99. The van der Waals surface area contributed by atoms with E-state index in [1.807, 2.05) is 30.3 Å². The number of carbonyl (C=O) groups is 1. The molecule has 0 spiro atoms. The van der Waals surface area contributed by atoms with Crippen LogP contribution in [0.3, 0.4) is 0 Å². The predicted molar refractivity (Wildman–Crippen MR) is 112 cm³/mol. The van der Waals surface area contributed by atoms with Crippen LogP contribution in [0.4, 0.5) is 0 Å². The third-order valence-electron chi connectivity index (χ3n) is 5.09. The summed E-state index contributed by atoms with van der Waals surface area (Å²) in [7, 11) is 3.06. The van der Waals surface area contributed by atoms with Crippen molar-refractivity contribution < 1.29 is 38.0 Å². The van der Waals surface area contributed by atoms with Crippen molar-refractivity contribution in [1.82, 2.24) is 0 Å². The molecule has 4 atom stereocenters. The van der Waals surface area contributed by atoms with Crippen LogP contribution >= 0.6 is 0 Å². The van der Waals surface area contributed by atoms with Gasteiger partial charge in [-0.15, -0.1) is 0 Å². The molecule has 31 heavy (non-hydrogen) atoms. The van der Waals surface area contributed by atoms with Crippen molar-refractivity contribution in [1.29, 1.82) is 0 Å². The number of esters is 1. The van der Waals surface area contributed by atoms with Crippen molar-refractivity contribution in [3.8, 4) is 11.8 Å². The van der Waals surface area contributed by atoms with Gasteiger partial charge in [0, 0.05) is 20.1 Å². The zero-order chi connectivity index (χ0) is 22.7. The van der Waals surface area contributed by atoms with Gasteiger partial charge in [0.25, 0.3) is 0 Å². The molecule has 1 saturated heterocycles. The maximum Gasteiger partial charge on any atom is 0.384 e. The molecule has 0 saturated carbocycles. The molecule has 172 valence electrons. The molecule has 1 aromatic rings. The van der Waals surface area contributed by atoms with E-state index in [2.05, 4.69) is 11.8 Å². The van der Waals surface area contributed by atoms with Crippen LogP contribution in [0.25, 0.3) is 0 Å². The Morgan fingerprint density at radius 2 is 1.58 bits per heavy atom. The van der Waals surface area contributed by atoms with E-state index in [4.69, 9.17) is 33.2 Å². The molecule has 1 aliphatic rings. The van der Waals surface area contributed by atoms with Crippen LogP contribution in [-0.4, -0.2) is 70.4 Å². The highest BCUT2D eigenvalue weighted by Crippen LogP contribution is 2.39. The number of hydrogen-bond acceptors (Lipinski definition) is 8. The monoisotopic (exact) mass is 436 g/mol. The molecule has 0 N–H and O–H groups in total. The average Bonchev–Trinajstić information content (AvgIpc) is 2.77. The summed E-state index contributed by atoms with van der Waals surface area (Å²) < 4.78 is 39.8. The standard InChI is InChI=1S/C23H32O8/c1-6-29-21(24)13-10-14-27-16-19-20(17-28-15-18-11-8-7-9-12-18)31-23(3,26-5)22(2,25-4)30-19/h7-9,11-12,19-20H,6,14-17H2,1-5H3/t19-,20?,22+,23+/m0/s1. The maximum atomic E-state index is 11.3. The van der Waals surface area contributed by atoms with Crippen LogP contribution in [0.2, 0.25) is 0 Å². The fourth-order valence-electron chi connectivity index (χ4n) is 3.06. The minimum absolute atomic E-state index is 0.0432. The topological polar surface area (TPSA) is 81.7 Å². The molecule has 8 nitrogen and oxygen atoms in total. The molecule has 1 fully saturated rings. The molecule has 2 rings (SSSR count). The molecule has 1 unspecified atom stereocenters. The first-order valence-electron chi connectivity index (χ1n) is 10.2. The van der Waals surface area contributed by atoms with Crippen LogP contribution in [-0.2, 0) is 44.6 Å². The van der Waals surface area contributed by atoms with Gasteiger partial charge in [-0.25, -0.2) is 4.79 Å². The SMILES string of the molecule is CCOC(=O)C#CCOC[C@@H]1O[C@@](C)(OC)[C@](C)(OC)OC1COCc1ccccc1. The molecule has 1 heterocycles. The normalized spacial score (nSPS) is 27.9. The van der Waals surface area contributed by atoms with Crippen LogP contribution in [0.15, 0.2) is 30.3 Å². The summed E-state index contributed by atoms with van der Waals surface area (Å²) in [5.41, 5.74) is 1.05. The smallest absolute Gasteiger partial charge is 0.384 e. The van der Waals surface area contributed by atoms with Gasteiger partial charge in [-0.3, -0.25) is 0 Å². The molecule has 0 aromatic heterocycles. The largest absolute Gasteiger partial charge is 0.456 e. The number of ether oxygens (including phenoxy) is 7. The van der Waals surface area contributed by atoms with Gasteiger partial charge in [-0.2, -0.15) is 0 Å². The lowest BCUT2D eigenvalue weighted by atomic mass is 10.0. The molecule has 0 aliphatic carbocycles. The summed E-state index contributed by atoms with van der Waals surface area (Å²) in [5.74, 6) is 2.08. The third-order valence-corrected chi connectivity index (χ3v) is 5.09. The number of carbonyl (C=O) groups excluding carboxylic acids is 1. The van der Waals surface area contributed by atoms with Gasteiger partial charge < -0.3 is 33.2 Å². The van der Waals surface area contributed by atoms with Crippen molar-refractivity contribution in [2.24, 2.45) is 0 Å². The van der Waals surface area contributed by atoms with Gasteiger partial charge in [0.15, 0.2) is 0 Å². The summed E-state index contributed by atoms with van der Waals surface area (Å²) >= 11 is 0. The summed E-state index contributed by atoms with van der Waals surface area (Å²) in [5, 5.41) is 0. The quantitative estimate of drug-likeness (QED) is 0.239. The summed E-state index contributed by atoms with van der Waals surface area (Å²) in [6.45, 7) is 6.39. The number of benzene rings is 1. The van der Waals surface area contributed by atoms with E-state index < -0.39 is 29.8 Å². The Bertz CT molecular complexity index is 743. The minimum Gasteiger partial charge on any atom is -0.456 e. The first-order chi connectivity index (χ1) is 14.9. The zero-order valence-corrected chi connectivity index (χ0v) is 18.8. The summed E-state index contributed by atoms with van der Waals surface area (Å²) in [4.78, 5) is 11.3. The van der Waals surface area contributed by atoms with Gasteiger partial charge in [0.05, 0.1) is 26.4 Å². The Balaban J connectivity index is 2.00. The minimum atomic E-state index is -1.16. The van der Waals surface area contributed by atoms with Crippen molar-refractivity contribution in [2.75, 3.05) is 40.6 Å². The highest BCUT2D eigenvalue weighted by Gasteiger charge is 2.56. The van der Waals surface area contributed by atoms with Crippen LogP contribution in [0.5, 0.6) is 0 Å². The van der Waals surface area contributed by atoms with Crippen LogP contribution in [0.1, 0.15) is 26.3 Å². The van der Waals surface area contributed by atoms with E-state index in [0.29, 0.717) is 6.61 Å². The molecule has 8 heteroatoms. The van der Waals surface area contributed by atoms with Crippen molar-refractivity contribution in [3.63, 3.8) is 0 Å². The van der Waals surface area contributed by atoms with Crippen molar-refractivity contribution >= 4 is 5.97 Å². The molecule has 0 bridgehead atoms. The van der Waals surface area contributed by atoms with Gasteiger partial charge in [0.1, 0.15) is 18.8 Å². The van der Waals surface area contributed by atoms with E-state index >= 15 is 0 Å². The van der Waals surface area contributed by atoms with E-state index in [1.54, 1.807) is 20.8 Å². The maximum absolute atomic E-state index is 11.3. The number of rotatable bonds is 10. The Labute approximate surface area is 184 Å². The summed E-state index contributed by atoms with van der Waals surface area (Å²) in [6.07, 6.45) is -0.983. The van der Waals surface area contributed by atoms with E-state index in [-0.39, 0.29) is 26.4 Å². The van der Waals surface area contributed by atoms with Crippen molar-refractivity contribution in [3.05, 3.63) is 35.9 Å². The highest BCUT2D eigenvalue weighted by molar-refractivity contribution is 5.88. The Kier molecular flexibility index (Phi) is 9.91. The lowest BCUT2D eigenvalue weighted by Gasteiger charge is -2.51. The summed E-state index contributed by atoms with van der Waals surface area (Å²) in [6, 6.07) is 9.85. The Morgan fingerprint density at radius 3 is 2.13 bits per heavy atom. The first kappa shape index (κ1) is 25.3. The Morgan fingerprint density at radius 1 is 1.00 bits per heavy atom. The second kappa shape index (κ2) is 12.2. The van der Waals surface area contributed by atoms with Gasteiger partial charge in [0.2, 0.25) is 11.6 Å². The third kappa shape index (κ3) is 7.01.